The van der Waals surface area contributed by atoms with Gasteiger partial charge in [0, 0.05) is 30.1 Å². The molecule has 1 amide bonds. The smallest absolute Gasteiger partial charge is 0.290 e. The van der Waals surface area contributed by atoms with E-state index in [0.717, 1.165) is 18.4 Å². The van der Waals surface area contributed by atoms with E-state index in [9.17, 15) is 13.2 Å². The van der Waals surface area contributed by atoms with Crippen molar-refractivity contribution in [3.63, 3.8) is 0 Å². The van der Waals surface area contributed by atoms with Crippen molar-refractivity contribution in [3.8, 4) is 11.3 Å². The molecule has 2 aromatic rings. The van der Waals surface area contributed by atoms with Gasteiger partial charge in [-0.3, -0.25) is 9.80 Å². The van der Waals surface area contributed by atoms with Gasteiger partial charge in [0.05, 0.1) is 11.7 Å². The highest BCUT2D eigenvalue weighted by Gasteiger charge is 2.37. The summed E-state index contributed by atoms with van der Waals surface area (Å²) in [6, 6.07) is 11.3. The molecule has 1 aliphatic carbocycles. The second kappa shape index (κ2) is 7.53. The Morgan fingerprint density at radius 3 is 2.72 bits per heavy atom. The third-order valence-corrected chi connectivity index (χ3v) is 6.87. The number of rotatable bonds is 6. The van der Waals surface area contributed by atoms with Crippen LogP contribution in [0.5, 0.6) is 0 Å². The van der Waals surface area contributed by atoms with Gasteiger partial charge in [0.15, 0.2) is 9.84 Å². The van der Waals surface area contributed by atoms with Gasteiger partial charge in [-0.15, -0.1) is 5.53 Å². The van der Waals surface area contributed by atoms with Gasteiger partial charge in [-0.2, -0.15) is 0 Å². The van der Waals surface area contributed by atoms with Gasteiger partial charge >= 0.3 is 0 Å². The van der Waals surface area contributed by atoms with Gasteiger partial charge in [-0.05, 0) is 19.8 Å². The van der Waals surface area contributed by atoms with Crippen LogP contribution in [0, 0.1) is 0 Å². The van der Waals surface area contributed by atoms with Crippen molar-refractivity contribution in [2.45, 2.75) is 37.1 Å². The number of benzene rings is 1. The predicted molar refractivity (Wildman–Crippen MR) is 107 cm³/mol. The summed E-state index contributed by atoms with van der Waals surface area (Å²) in [7, 11) is -3.17. The molecule has 2 aliphatic rings. The average molecular weight is 417 g/mol. The Kier molecular flexibility index (Phi) is 5.05. The number of nitrogens with zero attached hydrogens (tertiary/aromatic N) is 2. The Morgan fingerprint density at radius 1 is 1.31 bits per heavy atom. The minimum atomic E-state index is -3.17. The molecule has 1 aliphatic heterocycles. The van der Waals surface area contributed by atoms with E-state index >= 15 is 0 Å². The lowest BCUT2D eigenvalue weighted by atomic mass is 9.86. The molecular formula is C19H23N5O4S. The summed E-state index contributed by atoms with van der Waals surface area (Å²) in [4.78, 5) is 12.4. The zero-order chi connectivity index (χ0) is 20.6. The van der Waals surface area contributed by atoms with Crippen molar-refractivity contribution in [3.05, 3.63) is 54.1 Å². The van der Waals surface area contributed by atoms with Gasteiger partial charge in [0.25, 0.3) is 5.91 Å². The lowest BCUT2D eigenvalue weighted by molar-refractivity contribution is 0.0735. The number of sulfone groups is 1. The van der Waals surface area contributed by atoms with Gasteiger partial charge in [0.2, 0.25) is 5.76 Å². The molecule has 0 bridgehead atoms. The Labute approximate surface area is 169 Å². The second-order valence-corrected chi connectivity index (χ2v) is 9.80. The highest BCUT2D eigenvalue weighted by Crippen LogP contribution is 2.28. The third-order valence-electron chi connectivity index (χ3n) is 5.33. The first-order chi connectivity index (χ1) is 13.8. The van der Waals surface area contributed by atoms with Crippen LogP contribution in [0.15, 0.2) is 52.8 Å². The van der Waals surface area contributed by atoms with Crippen LogP contribution in [0.1, 0.15) is 30.3 Å². The molecule has 10 heteroatoms. The third kappa shape index (κ3) is 4.13. The molecule has 0 saturated heterocycles. The number of aromatic nitrogens is 1. The van der Waals surface area contributed by atoms with E-state index in [2.05, 4.69) is 21.4 Å². The molecule has 9 nitrogen and oxygen atoms in total. The molecule has 3 N–H and O–H groups in total. The zero-order valence-electron chi connectivity index (χ0n) is 16.1. The molecule has 1 unspecified atom stereocenters. The van der Waals surface area contributed by atoms with Gasteiger partial charge in [0.1, 0.15) is 10.9 Å². The fraction of sp³-hybridized carbons (Fsp3) is 0.368. The summed E-state index contributed by atoms with van der Waals surface area (Å²) in [6.45, 7) is 1.64. The Balaban J connectivity index is 1.30. The van der Waals surface area contributed by atoms with Crippen molar-refractivity contribution in [1.82, 2.24) is 26.4 Å². The predicted octanol–water partition coefficient (Wildman–Crippen LogP) is 1.20. The maximum atomic E-state index is 12.4. The SMILES string of the molecule is CC(C1=CN([C@H]2C[C@H](NC(=O)c3cc(-c4ccccc4)no3)C2)NN1)S(C)(=O)=O. The summed E-state index contributed by atoms with van der Waals surface area (Å²) in [5.41, 5.74) is 7.99. The molecule has 29 heavy (non-hydrogen) atoms. The number of amides is 1. The molecule has 1 aromatic carbocycles. The van der Waals surface area contributed by atoms with Crippen molar-refractivity contribution in [1.29, 1.82) is 0 Å². The fourth-order valence-corrected chi connectivity index (χ4v) is 3.87. The Morgan fingerprint density at radius 2 is 2.03 bits per heavy atom. The topological polar surface area (TPSA) is 117 Å². The second-order valence-electron chi connectivity index (χ2n) is 7.44. The number of hydrogen-bond donors (Lipinski definition) is 3. The summed E-state index contributed by atoms with van der Waals surface area (Å²) in [5, 5.41) is 8.15. The number of hydrazine groups is 2. The van der Waals surface area contributed by atoms with Crippen molar-refractivity contribution in [2.24, 2.45) is 0 Å². The zero-order valence-corrected chi connectivity index (χ0v) is 16.9. The summed E-state index contributed by atoms with van der Waals surface area (Å²) < 4.78 is 28.6. The minimum absolute atomic E-state index is 0.0179. The standard InChI is InChI=1S/C19H23N5O4S/c1-12(29(2,26)27)17-11-24(23-21-17)15-8-14(9-15)20-19(25)18-10-16(22-28-18)13-6-4-3-5-7-13/h3-7,10-12,14-15,21,23H,8-9H2,1-2H3,(H,20,25)/t12?,14-,15-. The number of hydrogen-bond acceptors (Lipinski definition) is 8. The van der Waals surface area contributed by atoms with Crippen molar-refractivity contribution < 1.29 is 17.7 Å². The molecular weight excluding hydrogens is 394 g/mol. The van der Waals surface area contributed by atoms with Crippen LogP contribution in [0.4, 0.5) is 0 Å². The first-order valence-electron chi connectivity index (χ1n) is 9.35. The molecule has 1 saturated carbocycles. The van der Waals surface area contributed by atoms with E-state index in [1.165, 1.54) is 6.26 Å². The molecule has 1 atom stereocenters. The molecule has 0 spiro atoms. The number of carbonyl (C=O) groups is 1. The van der Waals surface area contributed by atoms with E-state index in [1.807, 2.05) is 35.3 Å². The average Bonchev–Trinajstić information content (AvgIpc) is 3.33. The fourth-order valence-electron chi connectivity index (χ4n) is 3.29. The molecule has 2 heterocycles. The highest BCUT2D eigenvalue weighted by atomic mass is 32.2. The van der Waals surface area contributed by atoms with Crippen LogP contribution in [0.3, 0.4) is 0 Å². The van der Waals surface area contributed by atoms with E-state index in [0.29, 0.717) is 11.4 Å². The quantitative estimate of drug-likeness (QED) is 0.642. The summed E-state index contributed by atoms with van der Waals surface area (Å²) in [6.07, 6.45) is 4.45. The highest BCUT2D eigenvalue weighted by molar-refractivity contribution is 7.91. The van der Waals surface area contributed by atoms with E-state index < -0.39 is 15.1 Å². The Hall–Kier alpha value is -2.85. The van der Waals surface area contributed by atoms with Crippen molar-refractivity contribution >= 4 is 15.7 Å². The van der Waals surface area contributed by atoms with E-state index in [4.69, 9.17) is 4.52 Å². The lowest BCUT2D eigenvalue weighted by Crippen LogP contribution is -2.56. The van der Waals surface area contributed by atoms with Gasteiger partial charge < -0.3 is 15.3 Å². The first kappa shape index (κ1) is 19.5. The molecule has 1 fully saturated rings. The summed E-state index contributed by atoms with van der Waals surface area (Å²) >= 11 is 0. The largest absolute Gasteiger partial charge is 0.350 e. The summed E-state index contributed by atoms with van der Waals surface area (Å²) in [5.74, 6) is -0.116. The number of carbonyl (C=O) groups excluding carboxylic acids is 1. The lowest BCUT2D eigenvalue weighted by Gasteiger charge is -2.40. The van der Waals surface area contributed by atoms with Gasteiger partial charge in [-0.25, -0.2) is 8.42 Å². The van der Waals surface area contributed by atoms with Crippen LogP contribution in [0.25, 0.3) is 11.3 Å². The van der Waals surface area contributed by atoms with Crippen LogP contribution in [0.2, 0.25) is 0 Å². The van der Waals surface area contributed by atoms with Crippen LogP contribution >= 0.6 is 0 Å². The normalized spacial score (nSPS) is 22.4. The first-order valence-corrected chi connectivity index (χ1v) is 11.3. The van der Waals surface area contributed by atoms with Gasteiger partial charge in [-0.1, -0.05) is 35.5 Å². The molecule has 4 rings (SSSR count). The number of nitrogens with one attached hydrogen (secondary N) is 3. The maximum Gasteiger partial charge on any atom is 0.290 e. The molecule has 154 valence electrons. The molecule has 0 radical (unpaired) electrons. The minimum Gasteiger partial charge on any atom is -0.350 e. The monoisotopic (exact) mass is 417 g/mol. The van der Waals surface area contributed by atoms with E-state index in [-0.39, 0.29) is 23.8 Å². The van der Waals surface area contributed by atoms with Crippen LogP contribution in [-0.4, -0.2) is 48.1 Å². The molecule has 1 aromatic heterocycles. The Bertz CT molecular complexity index is 1030. The van der Waals surface area contributed by atoms with Crippen molar-refractivity contribution in [2.75, 3.05) is 6.26 Å². The van der Waals surface area contributed by atoms with Crippen LogP contribution < -0.4 is 16.3 Å². The maximum absolute atomic E-state index is 12.4. The van der Waals surface area contributed by atoms with E-state index in [1.54, 1.807) is 19.2 Å². The van der Waals surface area contributed by atoms with Crippen LogP contribution in [-0.2, 0) is 9.84 Å².